The molecule has 0 N–H and O–H groups in total. The fourth-order valence-electron chi connectivity index (χ4n) is 1.80. The van der Waals surface area contributed by atoms with Crippen molar-refractivity contribution in [2.75, 3.05) is 0 Å². The van der Waals surface area contributed by atoms with E-state index in [0.717, 1.165) is 23.3 Å². The number of hydrogen-bond acceptors (Lipinski definition) is 2. The van der Waals surface area contributed by atoms with Gasteiger partial charge in [-0.1, -0.05) is 37.3 Å². The van der Waals surface area contributed by atoms with Gasteiger partial charge in [0, 0.05) is 0 Å². The second-order valence-corrected chi connectivity index (χ2v) is 4.06. The first-order valence-corrected chi connectivity index (χ1v) is 6.03. The van der Waals surface area contributed by atoms with Gasteiger partial charge in [0.2, 0.25) is 0 Å². The van der Waals surface area contributed by atoms with Gasteiger partial charge >= 0.3 is 0 Å². The molecular weight excluding hydrogens is 222 g/mol. The van der Waals surface area contributed by atoms with Gasteiger partial charge in [0.05, 0.1) is 11.6 Å². The molecule has 2 aromatic carbocycles. The van der Waals surface area contributed by atoms with Crippen molar-refractivity contribution in [1.29, 1.82) is 5.26 Å². The van der Waals surface area contributed by atoms with Crippen LogP contribution in [0.25, 0.3) is 0 Å². The Labute approximate surface area is 107 Å². The fourth-order valence-corrected chi connectivity index (χ4v) is 1.80. The molecule has 0 aliphatic carbocycles. The smallest absolute Gasteiger partial charge is 0.123 e. The molecule has 0 bridgehead atoms. The summed E-state index contributed by atoms with van der Waals surface area (Å²) in [5.41, 5.74) is 2.90. The maximum Gasteiger partial charge on any atom is 0.123 e. The van der Waals surface area contributed by atoms with Gasteiger partial charge in [-0.05, 0) is 35.7 Å². The molecule has 0 aliphatic heterocycles. The van der Waals surface area contributed by atoms with Crippen LogP contribution in [0.5, 0.6) is 5.75 Å². The SMILES string of the molecule is CCc1cc(C#N)ccc1OCc1ccccc1. The summed E-state index contributed by atoms with van der Waals surface area (Å²) in [4.78, 5) is 0. The van der Waals surface area contributed by atoms with Crippen LogP contribution >= 0.6 is 0 Å². The minimum atomic E-state index is 0.555. The Morgan fingerprint density at radius 3 is 2.56 bits per heavy atom. The predicted molar refractivity (Wildman–Crippen MR) is 71.3 cm³/mol. The van der Waals surface area contributed by atoms with Crippen LogP contribution in [0.15, 0.2) is 48.5 Å². The van der Waals surface area contributed by atoms with E-state index in [4.69, 9.17) is 10.00 Å². The molecule has 2 heteroatoms. The first kappa shape index (κ1) is 12.2. The average Bonchev–Trinajstić information content (AvgIpc) is 2.46. The maximum absolute atomic E-state index is 8.87. The molecule has 0 radical (unpaired) electrons. The van der Waals surface area contributed by atoms with Crippen LogP contribution in [0.3, 0.4) is 0 Å². The van der Waals surface area contributed by atoms with E-state index in [0.29, 0.717) is 12.2 Å². The van der Waals surface area contributed by atoms with Crippen molar-refractivity contribution in [2.24, 2.45) is 0 Å². The van der Waals surface area contributed by atoms with Crippen molar-refractivity contribution in [3.63, 3.8) is 0 Å². The molecule has 2 aromatic rings. The van der Waals surface area contributed by atoms with E-state index in [9.17, 15) is 0 Å². The van der Waals surface area contributed by atoms with E-state index in [-0.39, 0.29) is 0 Å². The molecule has 0 unspecified atom stereocenters. The third-order valence-corrected chi connectivity index (χ3v) is 2.81. The van der Waals surface area contributed by atoms with E-state index in [2.05, 4.69) is 13.0 Å². The summed E-state index contributed by atoms with van der Waals surface area (Å²) in [6.07, 6.45) is 0.861. The van der Waals surface area contributed by atoms with E-state index < -0.39 is 0 Å². The second kappa shape index (κ2) is 5.88. The second-order valence-electron chi connectivity index (χ2n) is 4.06. The van der Waals surface area contributed by atoms with Crippen LogP contribution in [0.4, 0.5) is 0 Å². The lowest BCUT2D eigenvalue weighted by Crippen LogP contribution is -1.98. The van der Waals surface area contributed by atoms with Gasteiger partial charge in [0.1, 0.15) is 12.4 Å². The molecule has 2 nitrogen and oxygen atoms in total. The summed E-state index contributed by atoms with van der Waals surface area (Å²) < 4.78 is 5.80. The van der Waals surface area contributed by atoms with Gasteiger partial charge in [-0.25, -0.2) is 0 Å². The third-order valence-electron chi connectivity index (χ3n) is 2.81. The molecule has 0 aliphatic rings. The summed E-state index contributed by atoms with van der Waals surface area (Å²) >= 11 is 0. The van der Waals surface area contributed by atoms with Gasteiger partial charge < -0.3 is 4.74 Å². The average molecular weight is 237 g/mol. The Bertz CT molecular complexity index is 555. The van der Waals surface area contributed by atoms with E-state index in [1.165, 1.54) is 0 Å². The standard InChI is InChI=1S/C16H15NO/c1-2-15-10-14(11-17)8-9-16(15)18-12-13-6-4-3-5-7-13/h3-10H,2,12H2,1H3. The maximum atomic E-state index is 8.87. The lowest BCUT2D eigenvalue weighted by molar-refractivity contribution is 0.303. The molecule has 0 aromatic heterocycles. The monoisotopic (exact) mass is 237 g/mol. The fraction of sp³-hybridized carbons (Fsp3) is 0.188. The number of ether oxygens (including phenoxy) is 1. The minimum absolute atomic E-state index is 0.555. The topological polar surface area (TPSA) is 33.0 Å². The van der Waals surface area contributed by atoms with Crippen molar-refractivity contribution in [1.82, 2.24) is 0 Å². The number of hydrogen-bond donors (Lipinski definition) is 0. The van der Waals surface area contributed by atoms with Crippen molar-refractivity contribution >= 4 is 0 Å². The first-order valence-electron chi connectivity index (χ1n) is 6.03. The zero-order chi connectivity index (χ0) is 12.8. The lowest BCUT2D eigenvalue weighted by Gasteiger charge is -2.10. The van der Waals surface area contributed by atoms with Gasteiger partial charge in [-0.15, -0.1) is 0 Å². The molecule has 90 valence electrons. The zero-order valence-electron chi connectivity index (χ0n) is 10.4. The summed E-state index contributed by atoms with van der Waals surface area (Å²) in [6, 6.07) is 17.8. The lowest BCUT2D eigenvalue weighted by atomic mass is 10.1. The summed E-state index contributed by atoms with van der Waals surface area (Å²) in [7, 11) is 0. The van der Waals surface area contributed by atoms with Crippen molar-refractivity contribution in [3.05, 3.63) is 65.2 Å². The van der Waals surface area contributed by atoms with Gasteiger partial charge in [-0.2, -0.15) is 5.26 Å². The molecule has 0 heterocycles. The van der Waals surface area contributed by atoms with Crippen LogP contribution in [-0.4, -0.2) is 0 Å². The number of rotatable bonds is 4. The highest BCUT2D eigenvalue weighted by molar-refractivity contribution is 5.42. The molecule has 0 saturated heterocycles. The Balaban J connectivity index is 2.12. The Morgan fingerprint density at radius 2 is 1.89 bits per heavy atom. The molecule has 0 amide bonds. The van der Waals surface area contributed by atoms with E-state index >= 15 is 0 Å². The van der Waals surface area contributed by atoms with Crippen LogP contribution in [0.1, 0.15) is 23.6 Å². The molecule has 0 atom stereocenters. The number of nitriles is 1. The van der Waals surface area contributed by atoms with Crippen LogP contribution in [0.2, 0.25) is 0 Å². The Hall–Kier alpha value is -2.27. The van der Waals surface area contributed by atoms with Gasteiger partial charge in [0.25, 0.3) is 0 Å². The van der Waals surface area contributed by atoms with Crippen LogP contribution in [0, 0.1) is 11.3 Å². The van der Waals surface area contributed by atoms with E-state index in [1.807, 2.05) is 42.5 Å². The Morgan fingerprint density at radius 1 is 1.11 bits per heavy atom. The van der Waals surface area contributed by atoms with Gasteiger partial charge in [-0.3, -0.25) is 0 Å². The molecule has 18 heavy (non-hydrogen) atoms. The number of benzene rings is 2. The number of nitrogens with zero attached hydrogens (tertiary/aromatic N) is 1. The summed E-state index contributed by atoms with van der Waals surface area (Å²) in [5.74, 6) is 0.861. The highest BCUT2D eigenvalue weighted by Crippen LogP contribution is 2.21. The minimum Gasteiger partial charge on any atom is -0.489 e. The first-order chi connectivity index (χ1) is 8.83. The quantitative estimate of drug-likeness (QED) is 0.812. The van der Waals surface area contributed by atoms with Crippen molar-refractivity contribution < 1.29 is 4.74 Å². The van der Waals surface area contributed by atoms with Crippen LogP contribution in [-0.2, 0) is 13.0 Å². The van der Waals surface area contributed by atoms with Crippen molar-refractivity contribution in [3.8, 4) is 11.8 Å². The number of aryl methyl sites for hydroxylation is 1. The predicted octanol–water partition coefficient (Wildman–Crippen LogP) is 3.70. The normalized spacial score (nSPS) is 9.78. The van der Waals surface area contributed by atoms with Crippen LogP contribution < -0.4 is 4.74 Å². The Kier molecular flexibility index (Phi) is 3.98. The van der Waals surface area contributed by atoms with E-state index in [1.54, 1.807) is 6.07 Å². The zero-order valence-corrected chi connectivity index (χ0v) is 10.4. The molecular formula is C16H15NO. The summed E-state index contributed by atoms with van der Waals surface area (Å²) in [5, 5.41) is 8.87. The molecule has 0 saturated carbocycles. The summed E-state index contributed by atoms with van der Waals surface area (Å²) in [6.45, 7) is 2.62. The molecule has 0 spiro atoms. The molecule has 2 rings (SSSR count). The van der Waals surface area contributed by atoms with Gasteiger partial charge in [0.15, 0.2) is 0 Å². The highest BCUT2D eigenvalue weighted by atomic mass is 16.5. The third kappa shape index (κ3) is 2.89. The highest BCUT2D eigenvalue weighted by Gasteiger charge is 2.04. The largest absolute Gasteiger partial charge is 0.489 e. The van der Waals surface area contributed by atoms with Crippen molar-refractivity contribution in [2.45, 2.75) is 20.0 Å². The molecule has 0 fully saturated rings.